The first-order valence-electron chi connectivity index (χ1n) is 23.7. The highest BCUT2D eigenvalue weighted by atomic mass is 35.5. The van der Waals surface area contributed by atoms with Gasteiger partial charge in [0.2, 0.25) is 17.7 Å². The molecule has 0 bridgehead atoms. The molecule has 0 spiro atoms. The molecule has 0 aromatic rings. The van der Waals surface area contributed by atoms with Crippen LogP contribution in [0, 0.1) is 41.4 Å². The van der Waals surface area contributed by atoms with E-state index in [1.807, 2.05) is 5.32 Å². The lowest BCUT2D eigenvalue weighted by Gasteiger charge is -2.23. The first-order valence-corrected chi connectivity index (χ1v) is 23.7. The van der Waals surface area contributed by atoms with Gasteiger partial charge in [0.05, 0.1) is 60.5 Å². The zero-order valence-corrected chi connectivity index (χ0v) is 46.4. The summed E-state index contributed by atoms with van der Waals surface area (Å²) in [5.41, 5.74) is 10.1. The van der Waals surface area contributed by atoms with Crippen LogP contribution in [0.2, 0.25) is 0 Å². The van der Waals surface area contributed by atoms with E-state index in [0.717, 1.165) is 43.1 Å². The molecular weight excluding hydrogens is 1070 g/mol. The molecule has 2 fully saturated rings. The van der Waals surface area contributed by atoms with Gasteiger partial charge in [-0.1, -0.05) is 159 Å². The molecule has 512 valence electrons. The van der Waals surface area contributed by atoms with Crippen LogP contribution < -0.4 is 41.6 Å². The maximum atomic E-state index is 11.7. The lowest BCUT2D eigenvalue weighted by atomic mass is 9.87. The second-order valence-corrected chi connectivity index (χ2v) is 18.7. The van der Waals surface area contributed by atoms with E-state index in [2.05, 4.69) is 76.7 Å². The van der Waals surface area contributed by atoms with E-state index in [1.54, 1.807) is 21.1 Å². The number of carbonyl (C=O) groups excluding carboxylic acids is 8. The zero-order chi connectivity index (χ0) is 51.9. The third-order valence-corrected chi connectivity index (χ3v) is 11.8. The lowest BCUT2D eigenvalue weighted by molar-refractivity contribution is -0.880. The van der Waals surface area contributed by atoms with E-state index in [-0.39, 0.29) is 184 Å². The maximum absolute atomic E-state index is 11.7. The summed E-state index contributed by atoms with van der Waals surface area (Å²) in [5.74, 6) is 0.458. The number of ketones is 2. The largest absolute Gasteiger partial charge is 1.00 e. The third-order valence-electron chi connectivity index (χ3n) is 11.8. The number of quaternary nitrogens is 2. The molecule has 0 aromatic carbocycles. The van der Waals surface area contributed by atoms with Gasteiger partial charge in [-0.3, -0.25) is 28.8 Å². The summed E-state index contributed by atoms with van der Waals surface area (Å²) in [6.45, 7) is 28.1. The summed E-state index contributed by atoms with van der Waals surface area (Å²) < 4.78 is 12.1. The van der Waals surface area contributed by atoms with Crippen LogP contribution in [0.5, 0.6) is 0 Å². The fraction of sp³-hybridized carbons (Fsp3) is 0.873. The molecule has 2 saturated heterocycles. The van der Waals surface area contributed by atoms with E-state index in [0.29, 0.717) is 18.9 Å². The molecule has 9 atom stereocenters. The Hall–Kier alpha value is -2.86. The van der Waals surface area contributed by atoms with Crippen molar-refractivity contribution < 1.29 is 86.7 Å². The topological polar surface area (TPSA) is 239 Å². The lowest BCUT2D eigenvalue weighted by Crippen LogP contribution is -3.00. The predicted molar refractivity (Wildman–Crippen MR) is 354 cm³/mol. The molecule has 2 rings (SSSR count). The van der Waals surface area contributed by atoms with E-state index in [4.69, 9.17) is 35.6 Å². The maximum Gasteiger partial charge on any atom is 0.226 e. The molecule has 9 unspecified atom stereocenters. The molecule has 18 heteroatoms. The molecular formula is C63H155Cl2N5O11. The van der Waals surface area contributed by atoms with Gasteiger partial charge in [0, 0.05) is 75.1 Å². The number of hydrogen-bond donors (Lipinski definition) is 4. The van der Waals surface area contributed by atoms with Crippen molar-refractivity contribution >= 4 is 48.1 Å². The Labute approximate surface area is 522 Å². The zero-order valence-electron chi connectivity index (χ0n) is 44.9. The number of hydrogen-bond acceptors (Lipinski definition) is 11. The second-order valence-electron chi connectivity index (χ2n) is 18.7. The molecule has 2 aliphatic heterocycles. The van der Waals surface area contributed by atoms with Crippen LogP contribution in [-0.2, 0) is 47.8 Å². The Balaban J connectivity index is -0.0000000274. The van der Waals surface area contributed by atoms with Crippen molar-refractivity contribution in [2.24, 2.45) is 52.9 Å². The van der Waals surface area contributed by atoms with Crippen molar-refractivity contribution in [2.75, 3.05) is 75.2 Å². The van der Waals surface area contributed by atoms with Crippen molar-refractivity contribution in [3.8, 4) is 0 Å². The minimum atomic E-state index is -1.63. The summed E-state index contributed by atoms with van der Waals surface area (Å²) >= 11 is 0. The SMILES string of the molecule is C.C.C.C.C.C.C.C.C.C.C.C.C.C.CC(=O)CCC(C(=O)NC(O)C=O)C(C)C(N)=O.CC(=O)CCC(C)C(N)=O.CCC(C)OC.CCC1C[N+](C)(C)CC1CC.CCC1C[N+](C)(C)CC1CC.CCCOC.O=CC=O.[Cl-].[Cl-]. The van der Waals surface area contributed by atoms with Gasteiger partial charge in [-0.05, 0) is 72.1 Å². The van der Waals surface area contributed by atoms with Crippen LogP contribution >= 0.6 is 0 Å². The Kier molecular flexibility index (Phi) is 151. The van der Waals surface area contributed by atoms with Crippen LogP contribution in [-0.4, -0.2) is 150 Å². The van der Waals surface area contributed by atoms with Crippen molar-refractivity contribution in [2.45, 2.75) is 257 Å². The van der Waals surface area contributed by atoms with Gasteiger partial charge < -0.3 is 74.7 Å². The summed E-state index contributed by atoms with van der Waals surface area (Å²) in [5, 5.41) is 11.0. The summed E-state index contributed by atoms with van der Waals surface area (Å²) in [6, 6.07) is 0. The van der Waals surface area contributed by atoms with E-state index in [1.165, 1.54) is 81.6 Å². The summed E-state index contributed by atoms with van der Waals surface area (Å²) in [6.07, 6.45) is 8.35. The number of primary amides is 2. The second kappa shape index (κ2) is 85.9. The highest BCUT2D eigenvalue weighted by molar-refractivity contribution is 6.09. The first-order chi connectivity index (χ1) is 30.1. The Bertz CT molecular complexity index is 1240. The number of ether oxygens (including phenoxy) is 2. The highest BCUT2D eigenvalue weighted by Gasteiger charge is 2.38. The number of aldehydes is 3. The molecule has 3 amide bonds. The van der Waals surface area contributed by atoms with E-state index < -0.39 is 29.9 Å². The molecule has 16 nitrogen and oxygen atoms in total. The van der Waals surface area contributed by atoms with Gasteiger partial charge in [-0.25, -0.2) is 0 Å². The van der Waals surface area contributed by atoms with Crippen LogP contribution in [0.3, 0.4) is 0 Å². The van der Waals surface area contributed by atoms with Gasteiger partial charge in [-0.2, -0.15) is 0 Å². The number of likely N-dealkylation sites (tertiary alicyclic amines) is 2. The Morgan fingerprint density at radius 1 is 0.568 bits per heavy atom. The standard InChI is InChI=1S/C11H18N2O5.2C10H22N.C7H13NO2.C5H12O.C4H10O.C2H2O2.14CH4.2ClH/c1-6(15)3-4-8(7(2)10(12)17)11(18)13-9(16)5-14;2*1-5-9-7-11(3,4)8-10(9)6-2;1-5(7(8)10)3-4-6(2)9;1-4-5(2)6-3;1-3-4-5-2;3-1-2-4;;;;;;;;;;;;;;;;/h5,7-9,16H,3-4H2,1-2H3,(H2,12,17)(H,13,18);2*9-10H,5-8H2,1-4H3;5H,3-4H2,1-2H3,(H2,8,10);5H,4H2,1-3H3;3-4H2,1-2H3;1-2H;14*1H4;2*1H/q;2*+1;;;;;;;;;;;;;;;;;;;;/p-2. The van der Waals surface area contributed by atoms with Crippen LogP contribution in [0.1, 0.15) is 244 Å². The molecule has 6 N–H and O–H groups in total. The van der Waals surface area contributed by atoms with E-state index in [9.17, 15) is 28.8 Å². The van der Waals surface area contributed by atoms with Crippen molar-refractivity contribution in [1.82, 2.24) is 5.32 Å². The van der Waals surface area contributed by atoms with Crippen molar-refractivity contribution in [3.63, 3.8) is 0 Å². The van der Waals surface area contributed by atoms with Gasteiger partial charge in [0.1, 0.15) is 11.6 Å². The number of aliphatic hydroxyl groups excluding tert-OH is 1. The monoisotopic (exact) mass is 1230 g/mol. The highest BCUT2D eigenvalue weighted by Crippen LogP contribution is 2.32. The van der Waals surface area contributed by atoms with Crippen LogP contribution in [0.15, 0.2) is 0 Å². The third kappa shape index (κ3) is 83.7. The molecule has 0 aliphatic carbocycles. The molecule has 2 aliphatic rings. The Morgan fingerprint density at radius 3 is 1.02 bits per heavy atom. The van der Waals surface area contributed by atoms with Crippen molar-refractivity contribution in [1.29, 1.82) is 0 Å². The predicted octanol–water partition coefficient (Wildman–Crippen LogP) is 8.23. The Morgan fingerprint density at radius 2 is 0.864 bits per heavy atom. The summed E-state index contributed by atoms with van der Waals surface area (Å²) in [4.78, 5) is 82.4. The smallest absolute Gasteiger partial charge is 0.226 e. The minimum Gasteiger partial charge on any atom is -1.00 e. The number of methoxy groups -OCH3 is 2. The average Bonchev–Trinajstić information content (AvgIpc) is 3.75. The number of amides is 3. The van der Waals surface area contributed by atoms with Gasteiger partial charge in [0.25, 0.3) is 0 Å². The normalized spacial score (nSPS) is 16.6. The molecule has 81 heavy (non-hydrogen) atoms. The average molecular weight is 1230 g/mol. The first kappa shape index (κ1) is 142. The number of aliphatic hydroxyl groups is 1. The number of Topliss-reactive ketones (excluding diaryl/α,β-unsaturated/α-hetero) is 2. The van der Waals surface area contributed by atoms with Crippen molar-refractivity contribution in [3.05, 3.63) is 0 Å². The fourth-order valence-corrected chi connectivity index (χ4v) is 7.52. The molecule has 0 saturated carbocycles. The number of nitrogens with one attached hydrogen (secondary N) is 1. The van der Waals surface area contributed by atoms with Crippen LogP contribution in [0.25, 0.3) is 0 Å². The number of carbonyl (C=O) groups is 8. The van der Waals surface area contributed by atoms with Gasteiger partial charge >= 0.3 is 0 Å². The molecule has 0 radical (unpaired) electrons. The van der Waals surface area contributed by atoms with Crippen LogP contribution in [0.4, 0.5) is 0 Å². The van der Waals surface area contributed by atoms with Gasteiger partial charge in [-0.15, -0.1) is 0 Å². The molecule has 0 aromatic heterocycles. The summed E-state index contributed by atoms with van der Waals surface area (Å²) in [7, 11) is 12.9. The fourth-order valence-electron chi connectivity index (χ4n) is 7.52. The number of nitrogens with two attached hydrogens (primary N) is 2. The number of rotatable bonds is 21. The molecule has 2 heterocycles. The van der Waals surface area contributed by atoms with Gasteiger partial charge in [0.15, 0.2) is 25.1 Å². The minimum absolute atomic E-state index is 0. The number of halogens is 2. The quantitative estimate of drug-likeness (QED) is 0.0369. The van der Waals surface area contributed by atoms with E-state index >= 15 is 0 Å². The number of nitrogens with zero attached hydrogens (tertiary/aromatic N) is 2.